The first-order chi connectivity index (χ1) is 16.8. The predicted octanol–water partition coefficient (Wildman–Crippen LogP) is 2.17. The number of nitrogens with one attached hydrogen (secondary N) is 1. The molecule has 184 valence electrons. The topological polar surface area (TPSA) is 113 Å². The van der Waals surface area contributed by atoms with Gasteiger partial charge in [-0.05, 0) is 31.5 Å². The molecule has 0 radical (unpaired) electrons. The zero-order valence-electron chi connectivity index (χ0n) is 19.7. The van der Waals surface area contributed by atoms with Crippen LogP contribution in [0.5, 0.6) is 0 Å². The molecule has 0 unspecified atom stereocenters. The Bertz CT molecular complexity index is 1260. The molecule has 1 aromatic heterocycles. The van der Waals surface area contributed by atoms with Gasteiger partial charge in [0.2, 0.25) is 15.9 Å². The van der Waals surface area contributed by atoms with Crippen LogP contribution >= 0.6 is 0 Å². The number of nitrogens with zero attached hydrogens (tertiary/aromatic N) is 3. The van der Waals surface area contributed by atoms with E-state index >= 15 is 0 Å². The van der Waals surface area contributed by atoms with E-state index < -0.39 is 16.1 Å². The minimum absolute atomic E-state index is 0.0781. The number of carbonyl (C=O) groups excluding carboxylic acids is 2. The highest BCUT2D eigenvalue weighted by Gasteiger charge is 2.36. The highest BCUT2D eigenvalue weighted by Crippen LogP contribution is 2.24. The van der Waals surface area contributed by atoms with Crippen molar-refractivity contribution in [3.8, 4) is 0 Å². The highest BCUT2D eigenvalue weighted by atomic mass is 32.2. The molecule has 0 spiro atoms. The third-order valence-electron chi connectivity index (χ3n) is 6.04. The lowest BCUT2D eigenvalue weighted by atomic mass is 10.0. The lowest BCUT2D eigenvalue weighted by Gasteiger charge is -2.36. The summed E-state index contributed by atoms with van der Waals surface area (Å²) in [6.45, 7) is 3.87. The molecule has 2 amide bonds. The van der Waals surface area contributed by atoms with Gasteiger partial charge in [-0.2, -0.15) is 4.31 Å². The maximum Gasteiger partial charge on any atom is 0.251 e. The van der Waals surface area contributed by atoms with Crippen LogP contribution in [0.4, 0.5) is 0 Å². The maximum atomic E-state index is 13.5. The minimum Gasteiger partial charge on any atom is -0.360 e. The Morgan fingerprint density at radius 3 is 2.14 bits per heavy atom. The van der Waals surface area contributed by atoms with E-state index in [9.17, 15) is 18.0 Å². The molecule has 1 aliphatic rings. The standard InChI is InChI=1S/C25H28N4O5S/c1-18-23(19(2)34-27-18)35(32,33)29-15-13-28(14-16-29)25(31)22(17-20-9-5-3-6-10-20)26-24(30)21-11-7-4-8-12-21/h3-12,22H,13-17H2,1-2H3,(H,26,30)/t22-/m0/s1. The van der Waals surface area contributed by atoms with E-state index in [2.05, 4.69) is 10.5 Å². The fourth-order valence-electron chi connectivity index (χ4n) is 4.22. The third kappa shape index (κ3) is 5.44. The van der Waals surface area contributed by atoms with Gasteiger partial charge in [0.05, 0.1) is 0 Å². The van der Waals surface area contributed by atoms with Crippen molar-refractivity contribution < 1.29 is 22.5 Å². The largest absolute Gasteiger partial charge is 0.360 e. The molecule has 2 heterocycles. The summed E-state index contributed by atoms with van der Waals surface area (Å²) in [7, 11) is -3.78. The number of carbonyl (C=O) groups is 2. The van der Waals surface area contributed by atoms with Crippen LogP contribution in [0.2, 0.25) is 0 Å². The molecule has 9 nitrogen and oxygen atoms in total. The molecular weight excluding hydrogens is 468 g/mol. The smallest absolute Gasteiger partial charge is 0.251 e. The van der Waals surface area contributed by atoms with E-state index in [1.807, 2.05) is 36.4 Å². The van der Waals surface area contributed by atoms with Crippen molar-refractivity contribution in [1.82, 2.24) is 19.7 Å². The van der Waals surface area contributed by atoms with Crippen molar-refractivity contribution in [2.24, 2.45) is 0 Å². The number of rotatable bonds is 7. The zero-order valence-corrected chi connectivity index (χ0v) is 20.5. The van der Waals surface area contributed by atoms with E-state index in [1.54, 1.807) is 43.0 Å². The van der Waals surface area contributed by atoms with Gasteiger partial charge in [-0.15, -0.1) is 0 Å². The molecule has 1 N–H and O–H groups in total. The van der Waals surface area contributed by atoms with Crippen molar-refractivity contribution in [1.29, 1.82) is 0 Å². The average Bonchev–Trinajstić information content (AvgIpc) is 3.22. The highest BCUT2D eigenvalue weighted by molar-refractivity contribution is 7.89. The molecule has 1 fully saturated rings. The molecular formula is C25H28N4O5S. The molecule has 0 bridgehead atoms. The molecule has 0 saturated carbocycles. The Morgan fingerprint density at radius 1 is 0.971 bits per heavy atom. The molecule has 4 rings (SSSR count). The van der Waals surface area contributed by atoms with E-state index in [-0.39, 0.29) is 48.6 Å². The lowest BCUT2D eigenvalue weighted by molar-refractivity contribution is -0.134. The first kappa shape index (κ1) is 24.6. The fraction of sp³-hybridized carbons (Fsp3) is 0.320. The number of aromatic nitrogens is 1. The Kier molecular flexibility index (Phi) is 7.32. The Morgan fingerprint density at radius 2 is 1.57 bits per heavy atom. The lowest BCUT2D eigenvalue weighted by Crippen LogP contribution is -2.56. The number of amides is 2. The molecule has 2 aromatic carbocycles. The second-order valence-electron chi connectivity index (χ2n) is 8.46. The van der Waals surface area contributed by atoms with Crippen LogP contribution in [-0.2, 0) is 21.2 Å². The first-order valence-corrected chi connectivity index (χ1v) is 12.8. The average molecular weight is 497 g/mol. The summed E-state index contributed by atoms with van der Waals surface area (Å²) in [6.07, 6.45) is 0.329. The van der Waals surface area contributed by atoms with Gasteiger partial charge >= 0.3 is 0 Å². The number of aryl methyl sites for hydroxylation is 2. The van der Waals surface area contributed by atoms with Crippen molar-refractivity contribution in [3.63, 3.8) is 0 Å². The normalized spacial score (nSPS) is 15.5. The molecule has 10 heteroatoms. The molecule has 3 aromatic rings. The Labute approximate surface area is 204 Å². The van der Waals surface area contributed by atoms with Crippen LogP contribution in [0.15, 0.2) is 70.1 Å². The summed E-state index contributed by atoms with van der Waals surface area (Å²) < 4.78 is 32.6. The van der Waals surface area contributed by atoms with Crippen molar-refractivity contribution in [3.05, 3.63) is 83.2 Å². The SMILES string of the molecule is Cc1noc(C)c1S(=O)(=O)N1CCN(C(=O)[C@H](Cc2ccccc2)NC(=O)c2ccccc2)CC1. The molecule has 1 saturated heterocycles. The molecule has 0 aliphatic carbocycles. The molecule has 1 aliphatic heterocycles. The van der Waals surface area contributed by atoms with Gasteiger partial charge < -0.3 is 14.7 Å². The summed E-state index contributed by atoms with van der Waals surface area (Å²) >= 11 is 0. The van der Waals surface area contributed by atoms with Gasteiger partial charge in [0.15, 0.2) is 5.76 Å². The van der Waals surface area contributed by atoms with Crippen molar-refractivity contribution in [2.75, 3.05) is 26.2 Å². The summed E-state index contributed by atoms with van der Waals surface area (Å²) in [5, 5.41) is 6.63. The Balaban J connectivity index is 1.48. The number of benzene rings is 2. The van der Waals surface area contributed by atoms with Gasteiger partial charge in [-0.25, -0.2) is 8.42 Å². The van der Waals surface area contributed by atoms with E-state index in [0.717, 1.165) is 5.56 Å². The second-order valence-corrected chi connectivity index (χ2v) is 10.3. The van der Waals surface area contributed by atoms with Crippen LogP contribution in [0.25, 0.3) is 0 Å². The van der Waals surface area contributed by atoms with Crippen LogP contribution < -0.4 is 5.32 Å². The fourth-order valence-corrected chi connectivity index (χ4v) is 5.94. The van der Waals surface area contributed by atoms with Crippen molar-refractivity contribution in [2.45, 2.75) is 31.2 Å². The quantitative estimate of drug-likeness (QED) is 0.536. The molecule has 35 heavy (non-hydrogen) atoms. The van der Waals surface area contributed by atoms with Crippen LogP contribution in [0, 0.1) is 13.8 Å². The van der Waals surface area contributed by atoms with Gasteiger partial charge in [-0.3, -0.25) is 9.59 Å². The van der Waals surface area contributed by atoms with Gasteiger partial charge in [0.1, 0.15) is 16.6 Å². The maximum absolute atomic E-state index is 13.5. The number of hydrogen-bond acceptors (Lipinski definition) is 6. The summed E-state index contributed by atoms with van der Waals surface area (Å²) in [5.74, 6) is -0.334. The summed E-state index contributed by atoms with van der Waals surface area (Å²) in [4.78, 5) is 28.0. The van der Waals surface area contributed by atoms with Crippen molar-refractivity contribution >= 4 is 21.8 Å². The summed E-state index contributed by atoms with van der Waals surface area (Å²) in [5.41, 5.74) is 1.69. The second kappa shape index (κ2) is 10.4. The van der Waals surface area contributed by atoms with Crippen LogP contribution in [-0.4, -0.2) is 66.8 Å². The minimum atomic E-state index is -3.78. The van der Waals surface area contributed by atoms with Gasteiger partial charge in [0, 0.05) is 38.2 Å². The third-order valence-corrected chi connectivity index (χ3v) is 8.18. The first-order valence-electron chi connectivity index (χ1n) is 11.4. The summed E-state index contributed by atoms with van der Waals surface area (Å²) in [6, 6.07) is 17.4. The predicted molar refractivity (Wildman–Crippen MR) is 129 cm³/mol. The van der Waals surface area contributed by atoms with Gasteiger partial charge in [-0.1, -0.05) is 53.7 Å². The number of hydrogen-bond donors (Lipinski definition) is 1. The van der Waals surface area contributed by atoms with Crippen LogP contribution in [0.3, 0.4) is 0 Å². The van der Waals surface area contributed by atoms with E-state index in [4.69, 9.17) is 4.52 Å². The van der Waals surface area contributed by atoms with Gasteiger partial charge in [0.25, 0.3) is 5.91 Å². The zero-order chi connectivity index (χ0) is 25.0. The number of piperazine rings is 1. The monoisotopic (exact) mass is 496 g/mol. The van der Waals surface area contributed by atoms with E-state index in [0.29, 0.717) is 17.7 Å². The van der Waals surface area contributed by atoms with Crippen LogP contribution in [0.1, 0.15) is 27.4 Å². The molecule has 1 atom stereocenters. The number of sulfonamides is 1. The van der Waals surface area contributed by atoms with E-state index in [1.165, 1.54) is 4.31 Å². The Hall–Kier alpha value is -3.50.